The van der Waals surface area contributed by atoms with Crippen LogP contribution in [0.5, 0.6) is 0 Å². The first-order chi connectivity index (χ1) is 20.1. The molecule has 256 valence electrons. The summed E-state index contributed by atoms with van der Waals surface area (Å²) in [5.41, 5.74) is 0.545. The molecule has 1 aromatic carbocycles. The monoisotopic (exact) mass is 701 g/mol. The molecule has 2 saturated heterocycles. The summed E-state index contributed by atoms with van der Waals surface area (Å²) in [5, 5.41) is 28.5. The van der Waals surface area contributed by atoms with Crippen LogP contribution in [0.3, 0.4) is 0 Å². The van der Waals surface area contributed by atoms with Crippen molar-refractivity contribution >= 4 is 43.1 Å². The van der Waals surface area contributed by atoms with Crippen LogP contribution in [0.25, 0.3) is 11.3 Å². The SMILES string of the molecule is COC[C@]1(O)CCCC[C@H]1n1cnc(C(=O)N2CCNC[C@H]2CC(O)C2CCCC(C(F)(F)F)N2)c1-c1ccccc1.Cl.Cl.Cl. The van der Waals surface area contributed by atoms with E-state index in [-0.39, 0.29) is 74.3 Å². The Morgan fingerprint density at radius 3 is 2.56 bits per heavy atom. The minimum absolute atomic E-state index is 0. The number of carbonyl (C=O) groups is 1. The predicted molar refractivity (Wildman–Crippen MR) is 173 cm³/mol. The summed E-state index contributed by atoms with van der Waals surface area (Å²) in [6, 6.07) is 6.38. The summed E-state index contributed by atoms with van der Waals surface area (Å²) in [6.45, 7) is 1.50. The van der Waals surface area contributed by atoms with Gasteiger partial charge >= 0.3 is 6.18 Å². The number of nitrogens with one attached hydrogen (secondary N) is 2. The van der Waals surface area contributed by atoms with E-state index in [9.17, 15) is 28.2 Å². The third-order valence-electron chi connectivity index (χ3n) is 9.14. The molecule has 2 aromatic rings. The number of alkyl halides is 3. The molecule has 0 radical (unpaired) electrons. The summed E-state index contributed by atoms with van der Waals surface area (Å²) in [6.07, 6.45) is 0.239. The second kappa shape index (κ2) is 17.0. The second-order valence-corrected chi connectivity index (χ2v) is 12.0. The quantitative estimate of drug-likeness (QED) is 0.320. The Balaban J connectivity index is 0.00000235. The van der Waals surface area contributed by atoms with Gasteiger partial charge in [-0.1, -0.05) is 43.2 Å². The Morgan fingerprint density at radius 2 is 1.87 bits per heavy atom. The summed E-state index contributed by atoms with van der Waals surface area (Å²) >= 11 is 0. The topological polar surface area (TPSA) is 112 Å². The number of carbonyl (C=O) groups excluding carboxylic acids is 1. The van der Waals surface area contributed by atoms with Gasteiger partial charge in [0.25, 0.3) is 5.91 Å². The number of aliphatic hydroxyl groups is 2. The maximum absolute atomic E-state index is 14.2. The highest BCUT2D eigenvalue weighted by atomic mass is 35.5. The molecule has 0 bridgehead atoms. The molecule has 1 aromatic heterocycles. The van der Waals surface area contributed by atoms with E-state index in [1.165, 1.54) is 0 Å². The van der Waals surface area contributed by atoms with Gasteiger partial charge in [-0.05, 0) is 38.5 Å². The molecule has 0 spiro atoms. The van der Waals surface area contributed by atoms with Crippen LogP contribution < -0.4 is 10.6 Å². The molecular weight excluding hydrogens is 658 g/mol. The minimum atomic E-state index is -4.37. The molecule has 1 saturated carbocycles. The molecule has 3 aliphatic rings. The highest BCUT2D eigenvalue weighted by Gasteiger charge is 2.45. The predicted octanol–water partition coefficient (Wildman–Crippen LogP) is 4.55. The van der Waals surface area contributed by atoms with Crippen molar-refractivity contribution in [2.45, 2.75) is 93.4 Å². The summed E-state index contributed by atoms with van der Waals surface area (Å²) in [7, 11) is 1.57. The van der Waals surface area contributed by atoms with E-state index in [0.717, 1.165) is 18.4 Å². The highest BCUT2D eigenvalue weighted by molar-refractivity contribution is 5.98. The first-order valence-corrected chi connectivity index (χ1v) is 15.0. The molecule has 5 rings (SSSR count). The number of hydrogen-bond donors (Lipinski definition) is 4. The number of piperidine rings is 1. The number of nitrogens with zero attached hydrogens (tertiary/aromatic N) is 3. The lowest BCUT2D eigenvalue weighted by Crippen LogP contribution is -2.58. The van der Waals surface area contributed by atoms with Crippen molar-refractivity contribution in [2.75, 3.05) is 33.4 Å². The molecular formula is C30H45Cl3F3N5O4. The van der Waals surface area contributed by atoms with Crippen molar-refractivity contribution in [3.8, 4) is 11.3 Å². The van der Waals surface area contributed by atoms with Gasteiger partial charge in [0.1, 0.15) is 11.6 Å². The van der Waals surface area contributed by atoms with Crippen molar-refractivity contribution in [1.82, 2.24) is 25.1 Å². The van der Waals surface area contributed by atoms with Gasteiger partial charge in [-0.3, -0.25) is 4.79 Å². The Morgan fingerprint density at radius 1 is 1.13 bits per heavy atom. The first-order valence-electron chi connectivity index (χ1n) is 15.0. The van der Waals surface area contributed by atoms with Gasteiger partial charge in [0, 0.05) is 44.4 Å². The number of amides is 1. The van der Waals surface area contributed by atoms with E-state index in [2.05, 4.69) is 15.6 Å². The van der Waals surface area contributed by atoms with Crippen LogP contribution in [0.1, 0.15) is 67.9 Å². The van der Waals surface area contributed by atoms with E-state index in [1.54, 1.807) is 18.3 Å². The third kappa shape index (κ3) is 8.84. The smallest absolute Gasteiger partial charge is 0.391 e. The lowest BCUT2D eigenvalue weighted by Gasteiger charge is -2.41. The summed E-state index contributed by atoms with van der Waals surface area (Å²) in [5.74, 6) is -0.304. The molecule has 45 heavy (non-hydrogen) atoms. The van der Waals surface area contributed by atoms with Crippen LogP contribution in [0.15, 0.2) is 36.7 Å². The average molecular weight is 703 g/mol. The number of imidazole rings is 1. The van der Waals surface area contributed by atoms with Gasteiger partial charge in [-0.2, -0.15) is 13.2 Å². The zero-order chi connectivity index (χ0) is 29.9. The molecule has 15 heteroatoms. The van der Waals surface area contributed by atoms with E-state index in [4.69, 9.17) is 4.74 Å². The Kier molecular flexibility index (Phi) is 14.9. The minimum Gasteiger partial charge on any atom is -0.391 e. The van der Waals surface area contributed by atoms with Crippen molar-refractivity contribution in [3.05, 3.63) is 42.4 Å². The number of rotatable bonds is 8. The van der Waals surface area contributed by atoms with Crippen molar-refractivity contribution < 1.29 is 32.9 Å². The van der Waals surface area contributed by atoms with Crippen LogP contribution in [-0.4, -0.2) is 99.9 Å². The van der Waals surface area contributed by atoms with Crippen molar-refractivity contribution in [1.29, 1.82) is 0 Å². The molecule has 3 fully saturated rings. The largest absolute Gasteiger partial charge is 0.403 e. The van der Waals surface area contributed by atoms with Crippen LogP contribution in [0, 0.1) is 0 Å². The molecule has 1 aliphatic carbocycles. The maximum Gasteiger partial charge on any atom is 0.403 e. The first kappa shape index (κ1) is 39.5. The molecule has 1 amide bonds. The Labute approximate surface area is 280 Å². The maximum atomic E-state index is 14.2. The summed E-state index contributed by atoms with van der Waals surface area (Å²) in [4.78, 5) is 20.5. The van der Waals surface area contributed by atoms with Gasteiger partial charge in [0.15, 0.2) is 5.69 Å². The van der Waals surface area contributed by atoms with E-state index in [1.807, 2.05) is 34.9 Å². The number of piperazine rings is 1. The van der Waals surface area contributed by atoms with Gasteiger partial charge in [-0.25, -0.2) is 4.98 Å². The van der Waals surface area contributed by atoms with E-state index >= 15 is 0 Å². The standard InChI is InChI=1S/C30H42F3N5O4.3ClH/c1-42-18-29(41)13-6-5-12-25(29)38-19-35-26(27(38)20-8-3-2-4-9-20)28(40)37-15-14-34-17-21(37)16-23(39)22-10-7-11-24(36-22)30(31,32)33;;;/h2-4,8-9,19,21-25,34,36,39,41H,5-7,10-18H2,1H3;3*1H/t21-,22?,23?,24?,25-,29-;;;/m1.../s1. The third-order valence-corrected chi connectivity index (χ3v) is 9.14. The number of benzene rings is 1. The zero-order valence-corrected chi connectivity index (χ0v) is 27.7. The van der Waals surface area contributed by atoms with Gasteiger partial charge < -0.3 is 35.1 Å². The molecule has 3 unspecified atom stereocenters. The Bertz CT molecular complexity index is 1210. The summed E-state index contributed by atoms with van der Waals surface area (Å²) < 4.78 is 47.4. The van der Waals surface area contributed by atoms with Crippen molar-refractivity contribution in [3.63, 3.8) is 0 Å². The van der Waals surface area contributed by atoms with Crippen LogP contribution >= 0.6 is 37.2 Å². The lowest BCUT2D eigenvalue weighted by molar-refractivity contribution is -0.165. The fourth-order valence-electron chi connectivity index (χ4n) is 7.00. The highest BCUT2D eigenvalue weighted by Crippen LogP contribution is 2.41. The number of ether oxygens (including phenoxy) is 1. The number of halogens is 6. The number of methoxy groups -OCH3 is 1. The normalized spacial score (nSPS) is 27.8. The van der Waals surface area contributed by atoms with Crippen LogP contribution in [0.2, 0.25) is 0 Å². The van der Waals surface area contributed by atoms with E-state index < -0.39 is 36.0 Å². The molecule has 9 nitrogen and oxygen atoms in total. The number of aliphatic hydroxyl groups excluding tert-OH is 1. The van der Waals surface area contributed by atoms with Gasteiger partial charge in [-0.15, -0.1) is 37.2 Å². The van der Waals surface area contributed by atoms with Gasteiger partial charge in [0.05, 0.1) is 30.8 Å². The number of hydrogen-bond acceptors (Lipinski definition) is 7. The van der Waals surface area contributed by atoms with E-state index in [0.29, 0.717) is 51.0 Å². The molecule has 4 N–H and O–H groups in total. The second-order valence-electron chi connectivity index (χ2n) is 12.0. The van der Waals surface area contributed by atoms with Crippen LogP contribution in [0.4, 0.5) is 13.2 Å². The fourth-order valence-corrected chi connectivity index (χ4v) is 7.00. The lowest BCUT2D eigenvalue weighted by atomic mass is 9.80. The molecule has 2 aliphatic heterocycles. The number of aromatic nitrogens is 2. The molecule has 6 atom stereocenters. The Hall–Kier alpha value is -1.64. The van der Waals surface area contributed by atoms with Crippen LogP contribution in [-0.2, 0) is 4.74 Å². The molecule has 3 heterocycles. The zero-order valence-electron chi connectivity index (χ0n) is 25.2. The fraction of sp³-hybridized carbons (Fsp3) is 0.667. The van der Waals surface area contributed by atoms with Gasteiger partial charge in [0.2, 0.25) is 0 Å². The van der Waals surface area contributed by atoms with Crippen molar-refractivity contribution in [2.24, 2.45) is 0 Å². The average Bonchev–Trinajstić information content (AvgIpc) is 3.42.